The van der Waals surface area contributed by atoms with Crippen LogP contribution in [0.2, 0.25) is 0 Å². The van der Waals surface area contributed by atoms with Crippen molar-refractivity contribution in [1.82, 2.24) is 15.0 Å². The summed E-state index contributed by atoms with van der Waals surface area (Å²) in [4.78, 5) is 23.6. The van der Waals surface area contributed by atoms with Crippen LogP contribution >= 0.6 is 0 Å². The van der Waals surface area contributed by atoms with Crippen LogP contribution in [0.4, 0.5) is 11.5 Å². The topological polar surface area (TPSA) is 91.9 Å². The van der Waals surface area contributed by atoms with Gasteiger partial charge in [0.05, 0.1) is 12.5 Å². The molecule has 0 fully saturated rings. The summed E-state index contributed by atoms with van der Waals surface area (Å²) in [6.45, 7) is 2.82. The molecule has 190 valence electrons. The summed E-state index contributed by atoms with van der Waals surface area (Å²) < 4.78 is 4.62. The number of benzene rings is 3. The van der Waals surface area contributed by atoms with Crippen LogP contribution in [0, 0.1) is 0 Å². The van der Waals surface area contributed by atoms with E-state index in [1.807, 2.05) is 42.5 Å². The maximum absolute atomic E-state index is 11.2. The number of rotatable bonds is 9. The van der Waals surface area contributed by atoms with Crippen molar-refractivity contribution in [2.45, 2.75) is 19.5 Å². The predicted molar refractivity (Wildman–Crippen MR) is 153 cm³/mol. The molecule has 3 aromatic carbocycles. The Morgan fingerprint density at radius 2 is 1.76 bits per heavy atom. The molecule has 7 heteroatoms. The van der Waals surface area contributed by atoms with Crippen molar-refractivity contribution >= 4 is 34.6 Å². The maximum atomic E-state index is 11.2. The third-order valence-corrected chi connectivity index (χ3v) is 6.36. The van der Waals surface area contributed by atoms with Gasteiger partial charge in [0, 0.05) is 30.0 Å². The van der Waals surface area contributed by atoms with Crippen LogP contribution in [0.15, 0.2) is 97.3 Å². The monoisotopic (exact) mass is 503 g/mol. The number of aromatic amines is 1. The Bertz CT molecular complexity index is 1540. The summed E-state index contributed by atoms with van der Waals surface area (Å²) in [5.74, 6) is 0.438. The zero-order valence-electron chi connectivity index (χ0n) is 21.3. The van der Waals surface area contributed by atoms with E-state index in [-0.39, 0.29) is 12.0 Å². The van der Waals surface area contributed by atoms with Gasteiger partial charge in [0.25, 0.3) is 0 Å². The van der Waals surface area contributed by atoms with E-state index >= 15 is 0 Å². The van der Waals surface area contributed by atoms with E-state index in [0.717, 1.165) is 44.9 Å². The van der Waals surface area contributed by atoms with E-state index in [1.54, 1.807) is 12.4 Å². The molecule has 7 nitrogen and oxygen atoms in total. The molecule has 0 unspecified atom stereocenters. The van der Waals surface area contributed by atoms with Crippen molar-refractivity contribution < 1.29 is 9.53 Å². The highest BCUT2D eigenvalue weighted by atomic mass is 16.5. The number of methoxy groups -OCH3 is 1. The first-order valence-corrected chi connectivity index (χ1v) is 12.4. The van der Waals surface area contributed by atoms with Gasteiger partial charge in [0.1, 0.15) is 17.8 Å². The third-order valence-electron chi connectivity index (χ3n) is 6.36. The van der Waals surface area contributed by atoms with Crippen LogP contribution in [-0.4, -0.2) is 28.0 Å². The van der Waals surface area contributed by atoms with Gasteiger partial charge in [-0.1, -0.05) is 66.7 Å². The minimum Gasteiger partial charge on any atom is -0.466 e. The average Bonchev–Trinajstić information content (AvgIpc) is 3.41. The van der Waals surface area contributed by atoms with Crippen molar-refractivity contribution in [2.24, 2.45) is 0 Å². The molecule has 0 radical (unpaired) electrons. The van der Waals surface area contributed by atoms with Gasteiger partial charge >= 0.3 is 5.97 Å². The number of nitrogens with one attached hydrogen (secondary N) is 3. The number of H-pyrrole nitrogens is 1. The van der Waals surface area contributed by atoms with Crippen LogP contribution in [0.5, 0.6) is 0 Å². The highest BCUT2D eigenvalue weighted by Crippen LogP contribution is 2.29. The van der Waals surface area contributed by atoms with Gasteiger partial charge in [-0.15, -0.1) is 0 Å². The molecule has 0 amide bonds. The molecule has 0 aliphatic carbocycles. The van der Waals surface area contributed by atoms with Crippen LogP contribution in [0.3, 0.4) is 0 Å². The van der Waals surface area contributed by atoms with Gasteiger partial charge in [-0.3, -0.25) is 0 Å². The normalized spacial score (nSPS) is 11.9. The van der Waals surface area contributed by atoms with Gasteiger partial charge < -0.3 is 20.4 Å². The lowest BCUT2D eigenvalue weighted by molar-refractivity contribution is -0.134. The molecule has 2 aromatic heterocycles. The number of esters is 1. The first-order chi connectivity index (χ1) is 18.6. The van der Waals surface area contributed by atoms with E-state index in [4.69, 9.17) is 0 Å². The Morgan fingerprint density at radius 3 is 2.50 bits per heavy atom. The van der Waals surface area contributed by atoms with Gasteiger partial charge in [0.2, 0.25) is 0 Å². The van der Waals surface area contributed by atoms with Gasteiger partial charge in [-0.2, -0.15) is 0 Å². The van der Waals surface area contributed by atoms with Crippen molar-refractivity contribution in [3.63, 3.8) is 0 Å². The number of ether oxygens (including phenoxy) is 1. The molecule has 3 N–H and O–H groups in total. The van der Waals surface area contributed by atoms with Gasteiger partial charge in [-0.05, 0) is 53.5 Å². The number of hydrogen-bond donors (Lipinski definition) is 3. The zero-order valence-corrected chi connectivity index (χ0v) is 21.3. The Morgan fingerprint density at radius 1 is 1.00 bits per heavy atom. The number of aromatic nitrogens is 3. The summed E-state index contributed by atoms with van der Waals surface area (Å²) in [5, 5.41) is 7.93. The molecular weight excluding hydrogens is 474 g/mol. The molecule has 5 rings (SSSR count). The number of hydrogen-bond acceptors (Lipinski definition) is 6. The highest BCUT2D eigenvalue weighted by Gasteiger charge is 2.12. The van der Waals surface area contributed by atoms with E-state index in [9.17, 15) is 4.79 Å². The lowest BCUT2D eigenvalue weighted by Crippen LogP contribution is -2.08. The van der Waals surface area contributed by atoms with Crippen LogP contribution in [0.1, 0.15) is 29.7 Å². The van der Waals surface area contributed by atoms with E-state index in [2.05, 4.69) is 79.7 Å². The second-order valence-corrected chi connectivity index (χ2v) is 8.97. The standard InChI is InChI=1S/C31H29N5O2/c1-21(24-6-4-3-5-7-24)35-30-27-18-28(36-31(27)34-20-33-30)25-13-15-26(16-14-25)32-19-23-10-8-22(9-11-23)12-17-29(37)38-2/h3-18,20-21,32H,19H2,1-2H3,(H2,33,34,35,36)/b17-12+/t21-/m1/s1. The molecular formula is C31H29N5O2. The number of anilines is 2. The van der Waals surface area contributed by atoms with Crippen LogP contribution in [0.25, 0.3) is 28.4 Å². The Labute approximate surface area is 221 Å². The molecule has 5 aromatic rings. The van der Waals surface area contributed by atoms with E-state index in [0.29, 0.717) is 6.54 Å². The Kier molecular flexibility index (Phi) is 7.45. The van der Waals surface area contributed by atoms with Gasteiger partial charge in [-0.25, -0.2) is 14.8 Å². The Hall–Kier alpha value is -4.91. The number of fused-ring (bicyclic) bond motifs is 1. The van der Waals surface area contributed by atoms with Crippen molar-refractivity contribution in [1.29, 1.82) is 0 Å². The first-order valence-electron chi connectivity index (χ1n) is 12.4. The minimum absolute atomic E-state index is 0.116. The molecule has 0 saturated heterocycles. The number of nitrogens with zero attached hydrogens (tertiary/aromatic N) is 2. The number of carbonyl (C=O) groups excluding carboxylic acids is 1. The second-order valence-electron chi connectivity index (χ2n) is 8.97. The fourth-order valence-corrected chi connectivity index (χ4v) is 4.19. The fourth-order valence-electron chi connectivity index (χ4n) is 4.19. The average molecular weight is 504 g/mol. The third kappa shape index (κ3) is 5.90. The van der Waals surface area contributed by atoms with Crippen molar-refractivity contribution in [2.75, 3.05) is 17.7 Å². The predicted octanol–water partition coefficient (Wildman–Crippen LogP) is 6.60. The summed E-state index contributed by atoms with van der Waals surface area (Å²) in [7, 11) is 1.37. The smallest absolute Gasteiger partial charge is 0.330 e. The quantitative estimate of drug-likeness (QED) is 0.155. The molecule has 0 spiro atoms. The highest BCUT2D eigenvalue weighted by molar-refractivity contribution is 5.91. The molecule has 0 bridgehead atoms. The molecule has 2 heterocycles. The first kappa shape index (κ1) is 24.8. The van der Waals surface area contributed by atoms with Crippen molar-refractivity contribution in [3.05, 3.63) is 114 Å². The fraction of sp³-hybridized carbons (Fsp3) is 0.129. The largest absolute Gasteiger partial charge is 0.466 e. The summed E-state index contributed by atoms with van der Waals surface area (Å²) in [6, 6.07) is 28.8. The molecule has 0 saturated carbocycles. The molecule has 38 heavy (non-hydrogen) atoms. The summed E-state index contributed by atoms with van der Waals surface area (Å²) >= 11 is 0. The van der Waals surface area contributed by atoms with Gasteiger partial charge in [0.15, 0.2) is 0 Å². The van der Waals surface area contributed by atoms with Crippen LogP contribution in [-0.2, 0) is 16.1 Å². The minimum atomic E-state index is -0.366. The number of carbonyl (C=O) groups is 1. The molecule has 0 aliphatic rings. The Balaban J connectivity index is 1.24. The zero-order chi connectivity index (χ0) is 26.3. The van der Waals surface area contributed by atoms with Crippen molar-refractivity contribution in [3.8, 4) is 11.3 Å². The molecule has 0 aliphatic heterocycles. The van der Waals surface area contributed by atoms with E-state index in [1.165, 1.54) is 18.7 Å². The lowest BCUT2D eigenvalue weighted by Gasteiger charge is -2.15. The second kappa shape index (κ2) is 11.4. The maximum Gasteiger partial charge on any atom is 0.330 e. The van der Waals surface area contributed by atoms with Crippen LogP contribution < -0.4 is 10.6 Å². The lowest BCUT2D eigenvalue weighted by atomic mass is 10.1. The molecule has 1 atom stereocenters. The summed E-state index contributed by atoms with van der Waals surface area (Å²) in [5.41, 5.74) is 7.16. The SMILES string of the molecule is COC(=O)/C=C/c1ccc(CNc2ccc(-c3cc4c(N[C@H](C)c5ccccc5)ncnc4[nH]3)cc2)cc1. The summed E-state index contributed by atoms with van der Waals surface area (Å²) in [6.07, 6.45) is 4.73. The van der Waals surface area contributed by atoms with E-state index < -0.39 is 0 Å².